The van der Waals surface area contributed by atoms with Crippen LogP contribution >= 0.6 is 12.6 Å². The third-order valence-electron chi connectivity index (χ3n) is 1.68. The van der Waals surface area contributed by atoms with Gasteiger partial charge in [0, 0.05) is 11.1 Å². The maximum atomic E-state index is 4.20. The number of rotatable bonds is 1. The van der Waals surface area contributed by atoms with Crippen LogP contribution in [0.15, 0.2) is 41.4 Å². The van der Waals surface area contributed by atoms with Crippen LogP contribution in [-0.4, -0.2) is 10.2 Å². The zero-order valence-electron chi connectivity index (χ0n) is 6.36. The fourth-order valence-electron chi connectivity index (χ4n) is 1.06. The minimum absolute atomic E-state index is 0.971. The van der Waals surface area contributed by atoms with Crippen LogP contribution in [0.5, 0.6) is 0 Å². The molecule has 0 fully saturated rings. The first-order chi connectivity index (χ1) is 5.86. The molecule has 0 spiro atoms. The van der Waals surface area contributed by atoms with Crippen LogP contribution in [0.1, 0.15) is 0 Å². The predicted molar refractivity (Wildman–Crippen MR) is 51.3 cm³/mol. The maximum absolute atomic E-state index is 4.20. The van der Waals surface area contributed by atoms with Crippen molar-refractivity contribution in [3.63, 3.8) is 0 Å². The molecule has 1 aromatic heterocycles. The van der Waals surface area contributed by atoms with E-state index in [0.717, 1.165) is 16.2 Å². The molecule has 0 atom stereocenters. The number of aromatic nitrogens is 2. The molecule has 0 radical (unpaired) electrons. The zero-order valence-corrected chi connectivity index (χ0v) is 7.25. The van der Waals surface area contributed by atoms with Crippen molar-refractivity contribution >= 4 is 12.6 Å². The lowest BCUT2D eigenvalue weighted by molar-refractivity contribution is 1.09. The first-order valence-electron chi connectivity index (χ1n) is 3.65. The number of H-pyrrole nitrogens is 1. The van der Waals surface area contributed by atoms with Gasteiger partial charge >= 0.3 is 0 Å². The van der Waals surface area contributed by atoms with Gasteiger partial charge in [-0.25, -0.2) is 0 Å². The maximum Gasteiger partial charge on any atom is 0.0650 e. The molecule has 12 heavy (non-hydrogen) atoms. The van der Waals surface area contributed by atoms with Gasteiger partial charge in [0.15, 0.2) is 0 Å². The summed E-state index contributed by atoms with van der Waals surface area (Å²) in [5, 5.41) is 6.77. The molecule has 3 heteroatoms. The molecule has 0 aliphatic carbocycles. The van der Waals surface area contributed by atoms with E-state index in [9.17, 15) is 0 Å². The first-order valence-corrected chi connectivity index (χ1v) is 4.10. The number of hydrogen-bond acceptors (Lipinski definition) is 2. The van der Waals surface area contributed by atoms with Crippen LogP contribution in [-0.2, 0) is 0 Å². The highest BCUT2D eigenvalue weighted by atomic mass is 32.1. The number of aromatic amines is 1. The Morgan fingerprint density at radius 1 is 1.08 bits per heavy atom. The van der Waals surface area contributed by atoms with Crippen LogP contribution in [0.4, 0.5) is 0 Å². The summed E-state index contributed by atoms with van der Waals surface area (Å²) in [5.74, 6) is 0. The number of thiol groups is 1. The van der Waals surface area contributed by atoms with E-state index in [1.807, 2.05) is 30.3 Å². The normalized spacial score (nSPS) is 10.1. The summed E-state index contributed by atoms with van der Waals surface area (Å²) < 4.78 is 0. The number of benzene rings is 1. The Kier molecular flexibility index (Phi) is 1.87. The van der Waals surface area contributed by atoms with Gasteiger partial charge in [0.2, 0.25) is 0 Å². The van der Waals surface area contributed by atoms with E-state index in [4.69, 9.17) is 0 Å². The van der Waals surface area contributed by atoms with Crippen molar-refractivity contribution in [1.29, 1.82) is 0 Å². The second-order valence-corrected chi connectivity index (χ2v) is 3.03. The quantitative estimate of drug-likeness (QED) is 0.642. The molecule has 0 unspecified atom stereocenters. The largest absolute Gasteiger partial charge is 0.278 e. The van der Waals surface area contributed by atoms with Crippen molar-refractivity contribution < 1.29 is 0 Å². The van der Waals surface area contributed by atoms with Crippen LogP contribution in [0, 0.1) is 0 Å². The van der Waals surface area contributed by atoms with Crippen molar-refractivity contribution in [1.82, 2.24) is 10.2 Å². The lowest BCUT2D eigenvalue weighted by Gasteiger charge is -1.96. The van der Waals surface area contributed by atoms with E-state index < -0.39 is 0 Å². The lowest BCUT2D eigenvalue weighted by Crippen LogP contribution is -1.76. The van der Waals surface area contributed by atoms with E-state index in [2.05, 4.69) is 22.8 Å². The molecule has 60 valence electrons. The van der Waals surface area contributed by atoms with Gasteiger partial charge in [0.1, 0.15) is 0 Å². The highest BCUT2D eigenvalue weighted by Crippen LogP contribution is 2.17. The molecule has 2 aromatic rings. The fourth-order valence-corrected chi connectivity index (χ4v) is 1.21. The average molecular weight is 176 g/mol. The Hall–Kier alpha value is -1.22. The topological polar surface area (TPSA) is 28.7 Å². The van der Waals surface area contributed by atoms with E-state index in [-0.39, 0.29) is 0 Å². The van der Waals surface area contributed by atoms with Gasteiger partial charge < -0.3 is 0 Å². The van der Waals surface area contributed by atoms with Gasteiger partial charge in [0.05, 0.1) is 5.69 Å². The molecule has 0 saturated carbocycles. The highest BCUT2D eigenvalue weighted by Gasteiger charge is 1.96. The van der Waals surface area contributed by atoms with E-state index in [1.165, 1.54) is 0 Å². The van der Waals surface area contributed by atoms with Crippen LogP contribution < -0.4 is 0 Å². The van der Waals surface area contributed by atoms with E-state index in [1.54, 1.807) is 6.20 Å². The van der Waals surface area contributed by atoms with Crippen molar-refractivity contribution in [2.45, 2.75) is 4.90 Å². The SMILES string of the molecule is Sc1ccc(-c2ccn[nH]2)cc1. The van der Waals surface area contributed by atoms with Gasteiger partial charge in [0.25, 0.3) is 0 Å². The molecule has 2 nitrogen and oxygen atoms in total. The number of hydrogen-bond donors (Lipinski definition) is 2. The molecule has 1 N–H and O–H groups in total. The summed E-state index contributed by atoms with van der Waals surface area (Å²) in [5.41, 5.74) is 2.16. The average Bonchev–Trinajstić information content (AvgIpc) is 2.58. The molecule has 2 rings (SSSR count). The molecule has 1 aromatic carbocycles. The van der Waals surface area contributed by atoms with Gasteiger partial charge in [-0.15, -0.1) is 12.6 Å². The van der Waals surface area contributed by atoms with Crippen molar-refractivity contribution in [2.75, 3.05) is 0 Å². The van der Waals surface area contributed by atoms with Crippen LogP contribution in [0.25, 0.3) is 11.3 Å². The molecule has 0 amide bonds. The van der Waals surface area contributed by atoms with Crippen molar-refractivity contribution in [2.24, 2.45) is 0 Å². The summed E-state index contributed by atoms with van der Waals surface area (Å²) in [6.45, 7) is 0. The summed E-state index contributed by atoms with van der Waals surface area (Å²) in [4.78, 5) is 0.971. The summed E-state index contributed by atoms with van der Waals surface area (Å²) in [6.07, 6.45) is 1.74. The van der Waals surface area contributed by atoms with Crippen LogP contribution in [0.3, 0.4) is 0 Å². The van der Waals surface area contributed by atoms with Gasteiger partial charge in [-0.2, -0.15) is 5.10 Å². The Balaban J connectivity index is 2.43. The molecule has 0 aliphatic heterocycles. The molecular weight excluding hydrogens is 168 g/mol. The molecule has 0 saturated heterocycles. The fraction of sp³-hybridized carbons (Fsp3) is 0. The zero-order chi connectivity index (χ0) is 8.39. The highest BCUT2D eigenvalue weighted by molar-refractivity contribution is 7.80. The number of nitrogens with one attached hydrogen (secondary N) is 1. The third-order valence-corrected chi connectivity index (χ3v) is 1.98. The van der Waals surface area contributed by atoms with Crippen molar-refractivity contribution in [3.8, 4) is 11.3 Å². The smallest absolute Gasteiger partial charge is 0.0650 e. The van der Waals surface area contributed by atoms with Gasteiger partial charge in [-0.05, 0) is 23.8 Å². The minimum Gasteiger partial charge on any atom is -0.278 e. The standard InChI is InChI=1S/C9H8N2S/c12-8-3-1-7(2-4-8)9-5-6-10-11-9/h1-6,12H,(H,10,11). The second-order valence-electron chi connectivity index (χ2n) is 2.52. The molecular formula is C9H8N2S. The summed E-state index contributed by atoms with van der Waals surface area (Å²) in [7, 11) is 0. The molecule has 0 bridgehead atoms. The first kappa shape index (κ1) is 7.43. The summed E-state index contributed by atoms with van der Waals surface area (Å²) in [6, 6.07) is 9.87. The second kappa shape index (κ2) is 3.03. The van der Waals surface area contributed by atoms with Gasteiger partial charge in [-0.3, -0.25) is 5.10 Å². The Labute approximate surface area is 76.0 Å². The lowest BCUT2D eigenvalue weighted by atomic mass is 10.2. The summed E-state index contributed by atoms with van der Waals surface area (Å²) >= 11 is 4.20. The Bertz CT molecular complexity index is 351. The Morgan fingerprint density at radius 3 is 2.42 bits per heavy atom. The van der Waals surface area contributed by atoms with E-state index in [0.29, 0.717) is 0 Å². The minimum atomic E-state index is 0.971. The molecule has 1 heterocycles. The van der Waals surface area contributed by atoms with Crippen LogP contribution in [0.2, 0.25) is 0 Å². The Morgan fingerprint density at radius 2 is 1.83 bits per heavy atom. The van der Waals surface area contributed by atoms with Crippen molar-refractivity contribution in [3.05, 3.63) is 36.5 Å². The third kappa shape index (κ3) is 1.36. The predicted octanol–water partition coefficient (Wildman–Crippen LogP) is 2.37. The van der Waals surface area contributed by atoms with Gasteiger partial charge in [-0.1, -0.05) is 12.1 Å². The number of nitrogens with zero attached hydrogens (tertiary/aromatic N) is 1. The van der Waals surface area contributed by atoms with E-state index >= 15 is 0 Å². The monoisotopic (exact) mass is 176 g/mol. The molecule has 0 aliphatic rings.